The number of benzene rings is 2. The zero-order valence-electron chi connectivity index (χ0n) is 24.4. The maximum atomic E-state index is 13.6. The maximum absolute atomic E-state index is 13.6. The Morgan fingerprint density at radius 2 is 1.41 bits per heavy atom. The first-order valence-electron chi connectivity index (χ1n) is 13.1. The van der Waals surface area contributed by atoms with E-state index in [4.69, 9.17) is 28.4 Å². The first-order chi connectivity index (χ1) is 19.8. The molecule has 0 aliphatic heterocycles. The molecule has 0 aromatic heterocycles. The Balaban J connectivity index is 1.85. The van der Waals surface area contributed by atoms with E-state index in [-0.39, 0.29) is 17.4 Å². The van der Waals surface area contributed by atoms with Crippen molar-refractivity contribution >= 4 is 11.6 Å². The first-order valence-corrected chi connectivity index (χ1v) is 13.1. The lowest BCUT2D eigenvalue weighted by Crippen LogP contribution is -2.26. The lowest BCUT2D eigenvalue weighted by Gasteiger charge is -2.19. The van der Waals surface area contributed by atoms with Crippen molar-refractivity contribution in [2.24, 2.45) is 0 Å². The van der Waals surface area contributed by atoms with Crippen molar-refractivity contribution in [3.05, 3.63) is 63.3 Å². The highest BCUT2D eigenvalue weighted by Crippen LogP contribution is 2.50. The van der Waals surface area contributed by atoms with Gasteiger partial charge in [0.25, 0.3) is 0 Å². The molecular weight excluding hydrogens is 528 g/mol. The molecule has 3 aromatic carbocycles. The molecule has 41 heavy (non-hydrogen) atoms. The van der Waals surface area contributed by atoms with Crippen LogP contribution in [0.3, 0.4) is 0 Å². The van der Waals surface area contributed by atoms with Crippen LogP contribution in [0.5, 0.6) is 34.5 Å². The number of nitrogens with one attached hydrogen (secondary N) is 2. The average molecular weight is 565 g/mol. The van der Waals surface area contributed by atoms with Crippen LogP contribution in [0.15, 0.2) is 41.2 Å². The second kappa shape index (κ2) is 12.7. The van der Waals surface area contributed by atoms with E-state index in [2.05, 4.69) is 10.6 Å². The van der Waals surface area contributed by atoms with E-state index < -0.39 is 0 Å². The molecule has 10 heteroatoms. The van der Waals surface area contributed by atoms with Crippen molar-refractivity contribution in [1.29, 1.82) is 0 Å². The van der Waals surface area contributed by atoms with Crippen LogP contribution >= 0.6 is 0 Å². The number of anilines is 1. The summed E-state index contributed by atoms with van der Waals surface area (Å²) in [4.78, 5) is 25.7. The van der Waals surface area contributed by atoms with E-state index in [0.717, 1.165) is 22.3 Å². The highest BCUT2D eigenvalue weighted by Gasteiger charge is 2.29. The molecule has 0 spiro atoms. The molecule has 2 N–H and O–H groups in total. The summed E-state index contributed by atoms with van der Waals surface area (Å²) in [5, 5.41) is 6.27. The number of hydrogen-bond acceptors (Lipinski definition) is 9. The van der Waals surface area contributed by atoms with Crippen LogP contribution in [0, 0.1) is 0 Å². The van der Waals surface area contributed by atoms with E-state index in [1.807, 2.05) is 24.3 Å². The van der Waals surface area contributed by atoms with Gasteiger partial charge in [-0.3, -0.25) is 9.59 Å². The number of hydrogen-bond donors (Lipinski definition) is 2. The van der Waals surface area contributed by atoms with Crippen LogP contribution in [0.2, 0.25) is 0 Å². The van der Waals surface area contributed by atoms with Gasteiger partial charge in [-0.2, -0.15) is 0 Å². The molecule has 0 saturated carbocycles. The van der Waals surface area contributed by atoms with Crippen LogP contribution in [-0.2, 0) is 17.8 Å². The second-order valence-corrected chi connectivity index (χ2v) is 9.48. The fourth-order valence-corrected chi connectivity index (χ4v) is 5.29. The van der Waals surface area contributed by atoms with Crippen molar-refractivity contribution in [3.63, 3.8) is 0 Å². The minimum Gasteiger partial charge on any atom is -0.493 e. The third-order valence-electron chi connectivity index (χ3n) is 7.12. The van der Waals surface area contributed by atoms with Crippen LogP contribution in [0.25, 0.3) is 11.1 Å². The van der Waals surface area contributed by atoms with Crippen LogP contribution in [-0.4, -0.2) is 48.6 Å². The summed E-state index contributed by atoms with van der Waals surface area (Å²) in [5.74, 6) is 2.82. The summed E-state index contributed by atoms with van der Waals surface area (Å²) in [6.07, 6.45) is 1.20. The number of rotatable bonds is 10. The molecule has 1 aliphatic rings. The predicted octanol–water partition coefficient (Wildman–Crippen LogP) is 4.50. The van der Waals surface area contributed by atoms with Gasteiger partial charge >= 0.3 is 0 Å². The Labute approximate surface area is 239 Å². The zero-order chi connectivity index (χ0) is 29.7. The maximum Gasteiger partial charge on any atom is 0.217 e. The molecule has 1 amide bonds. The van der Waals surface area contributed by atoms with Gasteiger partial charge < -0.3 is 39.1 Å². The number of methoxy groups -OCH3 is 6. The Morgan fingerprint density at radius 1 is 0.805 bits per heavy atom. The summed E-state index contributed by atoms with van der Waals surface area (Å²) in [7, 11) is 9.34. The number of aryl methyl sites for hydroxylation is 1. The van der Waals surface area contributed by atoms with E-state index in [9.17, 15) is 9.59 Å². The smallest absolute Gasteiger partial charge is 0.217 e. The Hall–Kier alpha value is -4.60. The van der Waals surface area contributed by atoms with Gasteiger partial charge in [-0.1, -0.05) is 6.07 Å². The minimum absolute atomic E-state index is 0.186. The van der Waals surface area contributed by atoms with Crippen LogP contribution in [0.4, 0.5) is 5.69 Å². The largest absolute Gasteiger partial charge is 0.493 e. The van der Waals surface area contributed by atoms with Gasteiger partial charge in [0.1, 0.15) is 0 Å². The van der Waals surface area contributed by atoms with Crippen molar-refractivity contribution in [3.8, 4) is 45.6 Å². The molecule has 10 nitrogen and oxygen atoms in total. The molecule has 218 valence electrons. The molecule has 0 saturated heterocycles. The molecule has 0 unspecified atom stereocenters. The summed E-state index contributed by atoms with van der Waals surface area (Å²) in [5.41, 5.74) is 4.18. The van der Waals surface area contributed by atoms with Gasteiger partial charge in [0.2, 0.25) is 22.8 Å². The van der Waals surface area contributed by atoms with Gasteiger partial charge in [-0.15, -0.1) is 0 Å². The van der Waals surface area contributed by atoms with Crippen molar-refractivity contribution in [2.75, 3.05) is 48.0 Å². The third-order valence-corrected chi connectivity index (χ3v) is 7.12. The van der Waals surface area contributed by atoms with Gasteiger partial charge in [0, 0.05) is 19.0 Å². The van der Waals surface area contributed by atoms with E-state index >= 15 is 0 Å². The quantitative estimate of drug-likeness (QED) is 0.367. The molecule has 0 radical (unpaired) electrons. The Kier molecular flexibility index (Phi) is 9.11. The first kappa shape index (κ1) is 29.4. The SMILES string of the molecule is COc1cc(CNc2ccc3c(cc2=O)[C@H](NC(C)=O)CCc2cc(OC)c(OC)c(OC)c2-3)cc(OC)c1OC. The summed E-state index contributed by atoms with van der Waals surface area (Å²) < 4.78 is 33.4. The van der Waals surface area contributed by atoms with E-state index in [1.165, 1.54) is 6.92 Å². The third kappa shape index (κ3) is 5.82. The fourth-order valence-electron chi connectivity index (χ4n) is 5.29. The highest BCUT2D eigenvalue weighted by molar-refractivity contribution is 5.83. The fraction of sp³-hybridized carbons (Fsp3) is 0.355. The highest BCUT2D eigenvalue weighted by atomic mass is 16.5. The lowest BCUT2D eigenvalue weighted by molar-refractivity contribution is -0.119. The van der Waals surface area contributed by atoms with Gasteiger partial charge in [0.05, 0.1) is 54.4 Å². The minimum atomic E-state index is -0.389. The topological polar surface area (TPSA) is 114 Å². The van der Waals surface area contributed by atoms with Crippen LogP contribution < -0.4 is 44.5 Å². The molecule has 3 aromatic rings. The van der Waals surface area contributed by atoms with Crippen LogP contribution in [0.1, 0.15) is 36.1 Å². The second-order valence-electron chi connectivity index (χ2n) is 9.48. The normalized spacial score (nSPS) is 13.6. The number of fused-ring (bicyclic) bond motifs is 3. The summed E-state index contributed by atoms with van der Waals surface area (Å²) in [6, 6.07) is 10.4. The van der Waals surface area contributed by atoms with E-state index in [0.29, 0.717) is 65.1 Å². The summed E-state index contributed by atoms with van der Waals surface area (Å²) in [6.45, 7) is 1.79. The molecule has 0 fully saturated rings. The monoisotopic (exact) mass is 564 g/mol. The Bertz CT molecular complexity index is 1480. The zero-order valence-corrected chi connectivity index (χ0v) is 24.4. The van der Waals surface area contributed by atoms with E-state index in [1.54, 1.807) is 54.8 Å². The average Bonchev–Trinajstić information content (AvgIpc) is 3.22. The standard InChI is InChI=1S/C31H36N2O8/c1-17(34)33-22-10-8-19-14-27(38-4)30(40-6)31(41-7)28(19)20-9-11-23(24(35)15-21(20)22)32-16-18-12-25(36-2)29(39-5)26(13-18)37-3/h9,11-15,22H,8,10,16H2,1-7H3,(H,32,35)(H,33,34)/t22-/m1/s1. The van der Waals surface area contributed by atoms with Gasteiger partial charge in [-0.05, 0) is 65.4 Å². The molecule has 1 atom stereocenters. The number of carbonyl (C=O) groups excluding carboxylic acids is 1. The molecule has 4 rings (SSSR count). The molecular formula is C31H36N2O8. The lowest BCUT2D eigenvalue weighted by atomic mass is 9.95. The van der Waals surface area contributed by atoms with Gasteiger partial charge in [-0.25, -0.2) is 0 Å². The van der Waals surface area contributed by atoms with Crippen molar-refractivity contribution in [1.82, 2.24) is 5.32 Å². The molecule has 0 bridgehead atoms. The molecule has 1 aliphatic carbocycles. The number of amides is 1. The number of ether oxygens (including phenoxy) is 6. The number of carbonyl (C=O) groups is 1. The Morgan fingerprint density at radius 3 is 1.98 bits per heavy atom. The summed E-state index contributed by atoms with van der Waals surface area (Å²) >= 11 is 0. The van der Waals surface area contributed by atoms with Gasteiger partial charge in [0.15, 0.2) is 23.0 Å². The predicted molar refractivity (Wildman–Crippen MR) is 156 cm³/mol. The van der Waals surface area contributed by atoms with Crippen molar-refractivity contribution < 1.29 is 33.2 Å². The van der Waals surface area contributed by atoms with Crippen molar-refractivity contribution in [2.45, 2.75) is 32.4 Å². The molecule has 0 heterocycles.